The fourth-order valence-corrected chi connectivity index (χ4v) is 3.31. The average Bonchev–Trinajstić information content (AvgIpc) is 2.58. The first kappa shape index (κ1) is 11.5. The molecule has 1 aliphatic heterocycles. The second-order valence-corrected chi connectivity index (χ2v) is 6.43. The molecule has 0 amide bonds. The third-order valence-corrected chi connectivity index (χ3v) is 4.33. The molecule has 5 heteroatoms. The number of amidine groups is 1. The van der Waals surface area contributed by atoms with E-state index >= 15 is 0 Å². The second kappa shape index (κ2) is 4.89. The molecule has 80 valence electrons. The van der Waals surface area contributed by atoms with E-state index in [1.807, 2.05) is 18.2 Å². The summed E-state index contributed by atoms with van der Waals surface area (Å²) in [5, 5.41) is 4.90. The van der Waals surface area contributed by atoms with Crippen molar-refractivity contribution in [2.45, 2.75) is 12.2 Å². The highest BCUT2D eigenvalue weighted by molar-refractivity contribution is 9.11. The Bertz CT molecular complexity index is 386. The Labute approximate surface area is 110 Å². The van der Waals surface area contributed by atoms with E-state index in [0.717, 1.165) is 26.3 Å². The number of hydrogen-bond donors (Lipinski definition) is 1. The molecule has 1 aliphatic rings. The van der Waals surface area contributed by atoms with Gasteiger partial charge in [0, 0.05) is 14.2 Å². The molecule has 0 aromatic heterocycles. The van der Waals surface area contributed by atoms with E-state index in [-0.39, 0.29) is 0 Å². The molecule has 1 atom stereocenters. The molecule has 0 bridgehead atoms. The van der Waals surface area contributed by atoms with E-state index in [0.29, 0.717) is 5.25 Å². The van der Waals surface area contributed by atoms with Crippen LogP contribution in [0.2, 0.25) is 0 Å². The van der Waals surface area contributed by atoms with E-state index in [1.54, 1.807) is 11.8 Å². The van der Waals surface area contributed by atoms with E-state index < -0.39 is 0 Å². The predicted molar refractivity (Wildman–Crippen MR) is 74.8 cm³/mol. The molecule has 0 saturated carbocycles. The third kappa shape index (κ3) is 2.77. The van der Waals surface area contributed by atoms with Crippen molar-refractivity contribution in [1.82, 2.24) is 0 Å². The van der Waals surface area contributed by atoms with Gasteiger partial charge in [-0.05, 0) is 44.0 Å². The zero-order chi connectivity index (χ0) is 10.8. The number of nitrogens with one attached hydrogen (secondary N) is 1. The highest BCUT2D eigenvalue weighted by atomic mass is 79.9. The van der Waals surface area contributed by atoms with E-state index in [2.05, 4.69) is 49.1 Å². The van der Waals surface area contributed by atoms with Crippen LogP contribution in [-0.2, 0) is 0 Å². The van der Waals surface area contributed by atoms with Gasteiger partial charge in [-0.1, -0.05) is 24.8 Å². The minimum absolute atomic E-state index is 0.578. The monoisotopic (exact) mass is 348 g/mol. The normalized spacial score (nSPS) is 20.2. The van der Waals surface area contributed by atoms with Crippen molar-refractivity contribution in [1.29, 1.82) is 0 Å². The minimum Gasteiger partial charge on any atom is -0.333 e. The summed E-state index contributed by atoms with van der Waals surface area (Å²) in [5.41, 5.74) is 1.04. The Kier molecular flexibility index (Phi) is 3.74. The molecule has 2 nitrogen and oxygen atoms in total. The smallest absolute Gasteiger partial charge is 0.161 e. The molecular formula is C10H10Br2N2S. The summed E-state index contributed by atoms with van der Waals surface area (Å²) in [4.78, 5) is 4.42. The molecule has 1 aromatic rings. The van der Waals surface area contributed by atoms with Gasteiger partial charge in [-0.2, -0.15) is 0 Å². The fourth-order valence-electron chi connectivity index (χ4n) is 1.27. The minimum atomic E-state index is 0.578. The van der Waals surface area contributed by atoms with Gasteiger partial charge in [-0.3, -0.25) is 4.99 Å². The zero-order valence-electron chi connectivity index (χ0n) is 8.13. The number of thioether (sulfide) groups is 1. The lowest BCUT2D eigenvalue weighted by atomic mass is 10.3. The van der Waals surface area contributed by atoms with Crippen LogP contribution < -0.4 is 5.32 Å². The zero-order valence-corrected chi connectivity index (χ0v) is 12.1. The van der Waals surface area contributed by atoms with Crippen molar-refractivity contribution in [3.05, 3.63) is 27.1 Å². The first-order chi connectivity index (χ1) is 7.16. The van der Waals surface area contributed by atoms with Crippen molar-refractivity contribution in [3.63, 3.8) is 0 Å². The Balaban J connectivity index is 2.18. The van der Waals surface area contributed by atoms with Gasteiger partial charge in [0.05, 0.1) is 12.2 Å². The summed E-state index contributed by atoms with van der Waals surface area (Å²) < 4.78 is 2.08. The van der Waals surface area contributed by atoms with E-state index in [9.17, 15) is 0 Å². The van der Waals surface area contributed by atoms with Crippen LogP contribution in [0.4, 0.5) is 5.69 Å². The highest BCUT2D eigenvalue weighted by Gasteiger charge is 2.16. The number of benzene rings is 1. The first-order valence-electron chi connectivity index (χ1n) is 4.59. The molecule has 0 radical (unpaired) electrons. The highest BCUT2D eigenvalue weighted by Crippen LogP contribution is 2.32. The molecule has 1 aromatic carbocycles. The number of rotatable bonds is 1. The third-order valence-electron chi connectivity index (χ3n) is 2.00. The molecule has 2 rings (SSSR count). The summed E-state index contributed by atoms with van der Waals surface area (Å²) in [6, 6.07) is 6.01. The van der Waals surface area contributed by atoms with Crippen LogP contribution in [0.15, 0.2) is 32.1 Å². The van der Waals surface area contributed by atoms with Crippen LogP contribution in [-0.4, -0.2) is 17.0 Å². The van der Waals surface area contributed by atoms with Gasteiger partial charge in [0.15, 0.2) is 5.17 Å². The van der Waals surface area contributed by atoms with Gasteiger partial charge in [-0.25, -0.2) is 0 Å². The number of aliphatic imine (C=N–C) groups is 1. The lowest BCUT2D eigenvalue weighted by Crippen LogP contribution is -2.07. The number of halogens is 2. The van der Waals surface area contributed by atoms with Gasteiger partial charge in [0.25, 0.3) is 0 Å². The summed E-state index contributed by atoms with van der Waals surface area (Å²) in [7, 11) is 0. The molecule has 0 aliphatic carbocycles. The Morgan fingerprint density at radius 3 is 2.60 bits per heavy atom. The summed E-state index contributed by atoms with van der Waals surface area (Å²) in [6.07, 6.45) is 0. The number of para-hydroxylation sites is 1. The lowest BCUT2D eigenvalue weighted by molar-refractivity contribution is 0.976. The quantitative estimate of drug-likeness (QED) is 0.824. The van der Waals surface area contributed by atoms with Crippen LogP contribution in [0, 0.1) is 0 Å². The Morgan fingerprint density at radius 2 is 2.07 bits per heavy atom. The van der Waals surface area contributed by atoms with E-state index in [1.165, 1.54) is 0 Å². The topological polar surface area (TPSA) is 24.4 Å². The van der Waals surface area contributed by atoms with Gasteiger partial charge in [-0.15, -0.1) is 0 Å². The fraction of sp³-hybridized carbons (Fsp3) is 0.300. The van der Waals surface area contributed by atoms with Crippen molar-refractivity contribution in [2.75, 3.05) is 11.9 Å². The number of nitrogens with zero attached hydrogens (tertiary/aromatic N) is 1. The van der Waals surface area contributed by atoms with Crippen molar-refractivity contribution in [2.24, 2.45) is 4.99 Å². The molecule has 15 heavy (non-hydrogen) atoms. The van der Waals surface area contributed by atoms with Gasteiger partial charge in [0.1, 0.15) is 0 Å². The summed E-state index contributed by atoms with van der Waals surface area (Å²) in [6.45, 7) is 3.08. The van der Waals surface area contributed by atoms with Crippen molar-refractivity contribution in [3.8, 4) is 0 Å². The Morgan fingerprint density at radius 1 is 1.40 bits per heavy atom. The number of hydrogen-bond acceptors (Lipinski definition) is 3. The van der Waals surface area contributed by atoms with Crippen molar-refractivity contribution >= 4 is 54.5 Å². The maximum Gasteiger partial charge on any atom is 0.161 e. The average molecular weight is 350 g/mol. The Hall–Kier alpha value is -0.000000000000000111. The second-order valence-electron chi connectivity index (χ2n) is 3.30. The molecule has 1 unspecified atom stereocenters. The van der Waals surface area contributed by atoms with Gasteiger partial charge < -0.3 is 5.32 Å². The summed E-state index contributed by atoms with van der Waals surface area (Å²) >= 11 is 8.80. The SMILES string of the molecule is CC1CN=C(Nc2c(Br)cccc2Br)S1. The maximum absolute atomic E-state index is 4.42. The van der Waals surface area contributed by atoms with Gasteiger partial charge >= 0.3 is 0 Å². The first-order valence-corrected chi connectivity index (χ1v) is 7.05. The van der Waals surface area contributed by atoms with Gasteiger partial charge in [0.2, 0.25) is 0 Å². The van der Waals surface area contributed by atoms with Crippen LogP contribution in [0.25, 0.3) is 0 Å². The molecule has 0 saturated heterocycles. The van der Waals surface area contributed by atoms with E-state index in [4.69, 9.17) is 0 Å². The molecule has 1 heterocycles. The molecule has 0 spiro atoms. The van der Waals surface area contributed by atoms with Crippen molar-refractivity contribution < 1.29 is 0 Å². The maximum atomic E-state index is 4.42. The predicted octanol–water partition coefficient (Wildman–Crippen LogP) is 4.11. The van der Waals surface area contributed by atoms with Crippen LogP contribution in [0.1, 0.15) is 6.92 Å². The largest absolute Gasteiger partial charge is 0.333 e. The molecular weight excluding hydrogens is 340 g/mol. The van der Waals surface area contributed by atoms with Crippen LogP contribution in [0.5, 0.6) is 0 Å². The lowest BCUT2D eigenvalue weighted by Gasteiger charge is -2.09. The standard InChI is InChI=1S/C10H10Br2N2S/c1-6-5-13-10(15-6)14-9-7(11)3-2-4-8(9)12/h2-4,6H,5H2,1H3,(H,13,14). The molecule has 0 fully saturated rings. The van der Waals surface area contributed by atoms with Crippen LogP contribution >= 0.6 is 43.6 Å². The summed E-state index contributed by atoms with van der Waals surface area (Å²) in [5.74, 6) is 0. The number of anilines is 1. The molecule has 1 N–H and O–H groups in total. The van der Waals surface area contributed by atoms with Crippen LogP contribution in [0.3, 0.4) is 0 Å².